The maximum atomic E-state index is 13.3. The molecule has 0 unspecified atom stereocenters. The lowest BCUT2D eigenvalue weighted by atomic mass is 10.0. The van der Waals surface area contributed by atoms with Gasteiger partial charge in [-0.3, -0.25) is 9.78 Å². The molecule has 0 radical (unpaired) electrons. The van der Waals surface area contributed by atoms with Crippen molar-refractivity contribution in [2.24, 2.45) is 5.73 Å². The van der Waals surface area contributed by atoms with Crippen molar-refractivity contribution in [3.8, 4) is 16.9 Å². The molecule has 2 heterocycles. The Bertz CT molecular complexity index is 1150. The number of likely N-dealkylation sites (N-methyl/N-ethyl adjacent to an activating group) is 2. The highest BCUT2D eigenvalue weighted by Gasteiger charge is 2.32. The largest absolute Gasteiger partial charge is 0.497 e. The van der Waals surface area contributed by atoms with E-state index in [9.17, 15) is 4.79 Å². The number of fused-ring (bicyclic) bond motifs is 5. The third-order valence-electron chi connectivity index (χ3n) is 6.13. The van der Waals surface area contributed by atoms with Gasteiger partial charge in [-0.1, -0.05) is 0 Å². The Labute approximate surface area is 194 Å². The number of rotatable bonds is 11. The van der Waals surface area contributed by atoms with Gasteiger partial charge < -0.3 is 25.6 Å². The van der Waals surface area contributed by atoms with Crippen LogP contribution in [0.25, 0.3) is 22.0 Å². The fraction of sp³-hybridized carbons (Fsp3) is 0.400. The number of hydrogen-bond donors (Lipinski definition) is 2. The molecule has 0 aliphatic heterocycles. The molecule has 0 atom stereocenters. The van der Waals surface area contributed by atoms with Gasteiger partial charge in [0, 0.05) is 61.2 Å². The van der Waals surface area contributed by atoms with Crippen molar-refractivity contribution < 1.29 is 9.53 Å². The number of ether oxygens (including phenoxy) is 1. The van der Waals surface area contributed by atoms with Gasteiger partial charge in [0.25, 0.3) is 0 Å². The van der Waals surface area contributed by atoms with Crippen molar-refractivity contribution in [2.75, 3.05) is 65.8 Å². The molecule has 1 aliphatic rings. The van der Waals surface area contributed by atoms with Gasteiger partial charge in [-0.05, 0) is 57.4 Å². The number of anilines is 1. The maximum absolute atomic E-state index is 13.3. The van der Waals surface area contributed by atoms with Crippen molar-refractivity contribution in [3.63, 3.8) is 0 Å². The highest BCUT2D eigenvalue weighted by molar-refractivity contribution is 6.27. The molecule has 0 saturated carbocycles. The fourth-order valence-corrected chi connectivity index (χ4v) is 4.35. The van der Waals surface area contributed by atoms with Gasteiger partial charge >= 0.3 is 0 Å². The minimum Gasteiger partial charge on any atom is -0.497 e. The summed E-state index contributed by atoms with van der Waals surface area (Å²) >= 11 is 0. The van der Waals surface area contributed by atoms with Crippen LogP contribution in [-0.4, -0.2) is 86.0 Å². The van der Waals surface area contributed by atoms with Gasteiger partial charge in [0.05, 0.1) is 18.2 Å². The molecule has 0 amide bonds. The number of nitrogens with zero attached hydrogens (tertiary/aromatic N) is 4. The lowest BCUT2D eigenvalue weighted by Gasteiger charge is -2.20. The third kappa shape index (κ3) is 4.83. The molecule has 33 heavy (non-hydrogen) atoms. The summed E-state index contributed by atoms with van der Waals surface area (Å²) in [5, 5.41) is 4.37. The number of aromatic nitrogens is 2. The average molecular weight is 449 g/mol. The molecule has 1 aliphatic carbocycles. The molecule has 1 aromatic carbocycles. The number of nitrogens with one attached hydrogen (secondary N) is 1. The summed E-state index contributed by atoms with van der Waals surface area (Å²) in [4.78, 5) is 26.8. The van der Waals surface area contributed by atoms with Crippen molar-refractivity contribution in [3.05, 3.63) is 47.8 Å². The Hall–Kier alpha value is -3.07. The van der Waals surface area contributed by atoms with Crippen LogP contribution in [0.1, 0.15) is 22.3 Å². The minimum absolute atomic E-state index is 0.0305. The quantitative estimate of drug-likeness (QED) is 0.361. The number of hydrogen-bond acceptors (Lipinski definition) is 8. The summed E-state index contributed by atoms with van der Waals surface area (Å²) in [6.07, 6.45) is 4.45. The molecule has 174 valence electrons. The monoisotopic (exact) mass is 448 g/mol. The molecule has 8 nitrogen and oxygen atoms in total. The summed E-state index contributed by atoms with van der Waals surface area (Å²) in [6, 6.07) is 7.69. The van der Waals surface area contributed by atoms with E-state index in [1.165, 1.54) is 0 Å². The number of ketones is 1. The maximum Gasteiger partial charge on any atom is 0.199 e. The Morgan fingerprint density at radius 3 is 2.58 bits per heavy atom. The van der Waals surface area contributed by atoms with Gasteiger partial charge in [0.1, 0.15) is 11.6 Å². The van der Waals surface area contributed by atoms with E-state index in [1.54, 1.807) is 19.5 Å². The predicted molar refractivity (Wildman–Crippen MR) is 132 cm³/mol. The summed E-state index contributed by atoms with van der Waals surface area (Å²) in [5.74, 6) is 1.32. The van der Waals surface area contributed by atoms with E-state index in [2.05, 4.69) is 34.2 Å². The molecule has 3 N–H and O–H groups in total. The molecule has 8 heteroatoms. The predicted octanol–water partition coefficient (Wildman–Crippen LogP) is 2.47. The van der Waals surface area contributed by atoms with Crippen LogP contribution in [0.15, 0.2) is 36.7 Å². The van der Waals surface area contributed by atoms with Gasteiger partial charge in [0.2, 0.25) is 0 Å². The molecule has 2 aromatic heterocycles. The Kier molecular flexibility index (Phi) is 7.17. The second-order valence-corrected chi connectivity index (χ2v) is 8.52. The van der Waals surface area contributed by atoms with Gasteiger partial charge in [-0.25, -0.2) is 4.98 Å². The van der Waals surface area contributed by atoms with E-state index < -0.39 is 0 Å². The smallest absolute Gasteiger partial charge is 0.199 e. The van der Waals surface area contributed by atoms with Crippen LogP contribution in [0.3, 0.4) is 0 Å². The molecule has 0 bridgehead atoms. The van der Waals surface area contributed by atoms with Crippen LogP contribution in [0.2, 0.25) is 0 Å². The summed E-state index contributed by atoms with van der Waals surface area (Å²) in [7, 11) is 5.85. The topological polar surface area (TPSA) is 96.6 Å². The van der Waals surface area contributed by atoms with E-state index in [0.717, 1.165) is 60.4 Å². The van der Waals surface area contributed by atoms with Gasteiger partial charge in [0.15, 0.2) is 5.78 Å². The Balaban J connectivity index is 1.53. The highest BCUT2D eigenvalue weighted by atomic mass is 16.5. The van der Waals surface area contributed by atoms with Crippen molar-refractivity contribution in [1.29, 1.82) is 0 Å². The minimum atomic E-state index is -0.0305. The average Bonchev–Trinajstić information content (AvgIpc) is 3.12. The number of nitrogens with two attached hydrogens (primary N) is 1. The van der Waals surface area contributed by atoms with Crippen LogP contribution < -0.4 is 15.8 Å². The number of carbonyl (C=O) groups excluding carboxylic acids is 1. The zero-order chi connectivity index (χ0) is 23.4. The van der Waals surface area contributed by atoms with Crippen LogP contribution in [0.4, 0.5) is 5.82 Å². The summed E-state index contributed by atoms with van der Waals surface area (Å²) in [6.45, 7) is 5.15. The molecule has 0 spiro atoms. The Morgan fingerprint density at radius 2 is 1.82 bits per heavy atom. The third-order valence-corrected chi connectivity index (χ3v) is 6.13. The SMILES string of the molecule is COc1ccc2c3c(c(NCCN(C)CCCN(C)CCN)nc2c1)C(=O)c1cnccc1-3. The number of methoxy groups -OCH3 is 1. The first-order valence-electron chi connectivity index (χ1n) is 11.3. The molecular weight excluding hydrogens is 416 g/mol. The standard InChI is InChI=1S/C25H32N6O2/c1-30(13-8-26)11-4-12-31(2)14-10-28-25-23-22(18-7-9-27-16-20(18)24(23)32)19-6-5-17(33-3)15-21(19)29-25/h5-7,9,15-16H,4,8,10-14,26H2,1-3H3,(H,28,29). The normalized spacial score (nSPS) is 12.5. The van der Waals surface area contributed by atoms with E-state index in [4.69, 9.17) is 15.5 Å². The van der Waals surface area contributed by atoms with Crippen molar-refractivity contribution >= 4 is 22.5 Å². The fourth-order valence-electron chi connectivity index (χ4n) is 4.35. The van der Waals surface area contributed by atoms with Gasteiger partial charge in [-0.2, -0.15) is 0 Å². The van der Waals surface area contributed by atoms with E-state index in [-0.39, 0.29) is 5.78 Å². The summed E-state index contributed by atoms with van der Waals surface area (Å²) in [5.41, 5.74) is 9.48. The van der Waals surface area contributed by atoms with Crippen LogP contribution in [0.5, 0.6) is 5.75 Å². The van der Waals surface area contributed by atoms with Crippen molar-refractivity contribution in [1.82, 2.24) is 19.8 Å². The molecular formula is C25H32N6O2. The molecule has 3 aromatic rings. The van der Waals surface area contributed by atoms with Gasteiger partial charge in [-0.15, -0.1) is 0 Å². The number of pyridine rings is 2. The first kappa shape index (κ1) is 23.1. The zero-order valence-corrected chi connectivity index (χ0v) is 19.6. The van der Waals surface area contributed by atoms with Crippen LogP contribution in [-0.2, 0) is 0 Å². The zero-order valence-electron chi connectivity index (χ0n) is 19.6. The van der Waals surface area contributed by atoms with Crippen molar-refractivity contribution in [2.45, 2.75) is 6.42 Å². The lowest BCUT2D eigenvalue weighted by molar-refractivity contribution is 0.104. The molecule has 0 fully saturated rings. The number of benzene rings is 1. The summed E-state index contributed by atoms with van der Waals surface area (Å²) < 4.78 is 5.40. The first-order chi connectivity index (χ1) is 16.0. The highest BCUT2D eigenvalue weighted by Crippen LogP contribution is 2.43. The molecule has 0 saturated heterocycles. The second-order valence-electron chi connectivity index (χ2n) is 8.52. The van der Waals surface area contributed by atoms with E-state index >= 15 is 0 Å². The molecule has 4 rings (SSSR count). The number of carbonyl (C=O) groups is 1. The second kappa shape index (κ2) is 10.2. The van der Waals surface area contributed by atoms with Crippen LogP contribution >= 0.6 is 0 Å². The lowest BCUT2D eigenvalue weighted by Crippen LogP contribution is -2.31. The van der Waals surface area contributed by atoms with E-state index in [1.807, 2.05) is 24.3 Å². The Morgan fingerprint density at radius 1 is 1.03 bits per heavy atom. The first-order valence-corrected chi connectivity index (χ1v) is 11.3. The van der Waals surface area contributed by atoms with Crippen LogP contribution in [0, 0.1) is 0 Å². The van der Waals surface area contributed by atoms with E-state index in [0.29, 0.717) is 30.0 Å².